The van der Waals surface area contributed by atoms with Crippen LogP contribution >= 0.6 is 11.8 Å². The van der Waals surface area contributed by atoms with Crippen LogP contribution in [0.25, 0.3) is 0 Å². The Morgan fingerprint density at radius 3 is 2.79 bits per heavy atom. The van der Waals surface area contributed by atoms with Crippen molar-refractivity contribution in [2.24, 2.45) is 11.8 Å². The summed E-state index contributed by atoms with van der Waals surface area (Å²) in [4.78, 5) is 29.1. The molecule has 3 saturated heterocycles. The maximum Gasteiger partial charge on any atom is 0.353 e. The Balaban J connectivity index is 1.42. The largest absolute Gasteiger partial charge is 0.477 e. The molecule has 8 heteroatoms. The van der Waals surface area contributed by atoms with Crippen molar-refractivity contribution >= 4 is 23.6 Å². The minimum atomic E-state index is -1.03. The van der Waals surface area contributed by atoms with Crippen molar-refractivity contribution in [3.63, 3.8) is 0 Å². The van der Waals surface area contributed by atoms with E-state index in [4.69, 9.17) is 0 Å². The summed E-state index contributed by atoms with van der Waals surface area (Å²) in [5.41, 5.74) is 0.150. The number of β-lactam (4-membered cyclic amide) rings is 1. The highest BCUT2D eigenvalue weighted by atomic mass is 32.2. The molecule has 0 radical (unpaired) electrons. The molecule has 2 unspecified atom stereocenters. The van der Waals surface area contributed by atoms with E-state index in [0.29, 0.717) is 11.3 Å². The highest BCUT2D eigenvalue weighted by molar-refractivity contribution is 8.03. The van der Waals surface area contributed by atoms with Gasteiger partial charge in [-0.3, -0.25) is 4.79 Å². The molecule has 4 heterocycles. The normalized spacial score (nSPS) is 37.2. The van der Waals surface area contributed by atoms with Crippen LogP contribution < -0.4 is 5.32 Å². The van der Waals surface area contributed by atoms with E-state index in [2.05, 4.69) is 10.2 Å². The van der Waals surface area contributed by atoms with Crippen LogP contribution in [0.15, 0.2) is 10.6 Å². The van der Waals surface area contributed by atoms with Crippen LogP contribution in [0.2, 0.25) is 0 Å². The van der Waals surface area contributed by atoms with E-state index in [9.17, 15) is 19.8 Å². The van der Waals surface area contributed by atoms with Crippen molar-refractivity contribution < 1.29 is 19.8 Å². The third-order valence-electron chi connectivity index (χ3n) is 6.72. The molecule has 0 aromatic heterocycles. The van der Waals surface area contributed by atoms with E-state index in [-0.39, 0.29) is 23.6 Å². The summed E-state index contributed by atoms with van der Waals surface area (Å²) in [6, 6.07) is 0.355. The molecule has 4 aliphatic rings. The van der Waals surface area contributed by atoms with Crippen LogP contribution in [0.5, 0.6) is 0 Å². The van der Waals surface area contributed by atoms with Crippen molar-refractivity contribution in [3.05, 3.63) is 10.6 Å². The lowest BCUT2D eigenvalue weighted by atomic mass is 9.79. The molecule has 0 saturated carbocycles. The summed E-state index contributed by atoms with van der Waals surface area (Å²) in [5.74, 6) is -1.81. The van der Waals surface area contributed by atoms with Gasteiger partial charge in [-0.05, 0) is 39.3 Å². The van der Waals surface area contributed by atoms with Gasteiger partial charge in [-0.1, -0.05) is 13.3 Å². The highest BCUT2D eigenvalue weighted by Gasteiger charge is 2.60. The number of carboxylic acid groups (broad SMARTS) is 1. The molecular formula is C20H31N3O4S. The Bertz CT molecular complexity index is 676. The second-order valence-corrected chi connectivity index (χ2v) is 10.0. The molecule has 3 N–H and O–H groups in total. The molecule has 0 aromatic carbocycles. The number of aliphatic hydroxyl groups excluding tert-OH is 1. The minimum absolute atomic E-state index is 0.0394. The summed E-state index contributed by atoms with van der Waals surface area (Å²) in [5, 5.41) is 23.7. The molecule has 3 fully saturated rings. The predicted molar refractivity (Wildman–Crippen MR) is 108 cm³/mol. The summed E-state index contributed by atoms with van der Waals surface area (Å²) in [6.45, 7) is 7.79. The van der Waals surface area contributed by atoms with E-state index in [1.165, 1.54) is 24.2 Å². The SMILES string of the molecule is CC(O)[C@H]1C(=O)N2C(C(=O)O)=C(S[C@@H]3CCN(CC4CCCCN4)C3)[C@H](C)[C@H]12. The zero-order valence-electron chi connectivity index (χ0n) is 16.6. The molecule has 156 valence electrons. The lowest BCUT2D eigenvalue weighted by Gasteiger charge is -2.46. The van der Waals surface area contributed by atoms with E-state index in [1.807, 2.05) is 6.92 Å². The number of likely N-dealkylation sites (tertiary alicyclic amines) is 1. The summed E-state index contributed by atoms with van der Waals surface area (Å²) in [6.07, 6.45) is 4.09. The zero-order chi connectivity index (χ0) is 20.0. The van der Waals surface area contributed by atoms with Crippen molar-refractivity contribution in [2.45, 2.75) is 63.0 Å². The van der Waals surface area contributed by atoms with Gasteiger partial charge in [0.2, 0.25) is 5.91 Å². The van der Waals surface area contributed by atoms with Crippen molar-refractivity contribution in [1.29, 1.82) is 0 Å². The van der Waals surface area contributed by atoms with Gasteiger partial charge in [0, 0.05) is 35.2 Å². The maximum absolute atomic E-state index is 12.4. The van der Waals surface area contributed by atoms with Crippen LogP contribution in [0.3, 0.4) is 0 Å². The minimum Gasteiger partial charge on any atom is -0.477 e. The number of carbonyl (C=O) groups is 2. The number of hydrogen-bond acceptors (Lipinski definition) is 6. The van der Waals surface area contributed by atoms with Crippen molar-refractivity contribution in [1.82, 2.24) is 15.1 Å². The van der Waals surface area contributed by atoms with Crippen LogP contribution in [0.1, 0.15) is 39.5 Å². The molecule has 4 aliphatic heterocycles. The number of carboxylic acids is 1. The number of aliphatic carboxylic acids is 1. The Morgan fingerprint density at radius 2 is 2.14 bits per heavy atom. The fourth-order valence-electron chi connectivity index (χ4n) is 5.31. The van der Waals surface area contributed by atoms with Gasteiger partial charge in [-0.25, -0.2) is 4.79 Å². The van der Waals surface area contributed by atoms with E-state index in [1.54, 1.807) is 18.7 Å². The molecule has 6 atom stereocenters. The maximum atomic E-state index is 12.4. The van der Waals surface area contributed by atoms with E-state index >= 15 is 0 Å². The van der Waals surface area contributed by atoms with E-state index < -0.39 is 18.0 Å². The topological polar surface area (TPSA) is 93.1 Å². The Morgan fingerprint density at radius 1 is 1.36 bits per heavy atom. The second kappa shape index (κ2) is 7.97. The molecule has 0 spiro atoms. The van der Waals surface area contributed by atoms with Crippen LogP contribution in [0.4, 0.5) is 0 Å². The van der Waals surface area contributed by atoms with Crippen LogP contribution in [-0.2, 0) is 9.59 Å². The molecular weight excluding hydrogens is 378 g/mol. The molecule has 0 bridgehead atoms. The number of aliphatic hydroxyl groups is 1. The Kier molecular flexibility index (Phi) is 5.75. The number of rotatable bonds is 6. The van der Waals surface area contributed by atoms with Gasteiger partial charge in [0.05, 0.1) is 18.1 Å². The summed E-state index contributed by atoms with van der Waals surface area (Å²) >= 11 is 1.65. The van der Waals surface area contributed by atoms with Gasteiger partial charge in [0.15, 0.2) is 0 Å². The number of piperidine rings is 1. The quantitative estimate of drug-likeness (QED) is 0.566. The van der Waals surface area contributed by atoms with Gasteiger partial charge in [0.1, 0.15) is 5.70 Å². The fourth-order valence-corrected chi connectivity index (χ4v) is 6.83. The zero-order valence-corrected chi connectivity index (χ0v) is 17.5. The number of thioether (sulfide) groups is 1. The first-order valence-corrected chi connectivity index (χ1v) is 11.4. The van der Waals surface area contributed by atoms with Gasteiger partial charge in [0.25, 0.3) is 0 Å². The highest BCUT2D eigenvalue weighted by Crippen LogP contribution is 2.51. The molecule has 0 aromatic rings. The van der Waals surface area contributed by atoms with E-state index in [0.717, 1.165) is 37.5 Å². The molecule has 28 heavy (non-hydrogen) atoms. The smallest absolute Gasteiger partial charge is 0.353 e. The second-order valence-electron chi connectivity index (χ2n) is 8.71. The van der Waals surface area contributed by atoms with Gasteiger partial charge in [-0.2, -0.15) is 0 Å². The Hall–Kier alpha value is -1.09. The average molecular weight is 410 g/mol. The molecule has 4 rings (SSSR count). The number of hydrogen-bond donors (Lipinski definition) is 3. The predicted octanol–water partition coefficient (Wildman–Crippen LogP) is 1.09. The number of amides is 1. The third kappa shape index (κ3) is 3.49. The lowest BCUT2D eigenvalue weighted by Crippen LogP contribution is -2.63. The van der Waals surface area contributed by atoms with Crippen LogP contribution in [0, 0.1) is 11.8 Å². The number of fused-ring (bicyclic) bond motifs is 1. The van der Waals surface area contributed by atoms with Gasteiger partial charge < -0.3 is 25.3 Å². The first-order chi connectivity index (χ1) is 13.4. The number of nitrogens with one attached hydrogen (secondary N) is 1. The average Bonchev–Trinajstić information content (AvgIpc) is 3.17. The standard InChI is InChI=1S/C20H31N3O4S/c1-11-16-15(12(2)24)19(25)23(16)17(20(26)27)18(11)28-14-6-8-22(10-14)9-13-5-3-4-7-21-13/h11-16,21,24H,3-10H2,1-2H3,(H,26,27)/t11-,12?,13?,14-,15-,16-/m1/s1. The number of nitrogens with zero attached hydrogens (tertiary/aromatic N) is 2. The van der Waals surface area contributed by atoms with Gasteiger partial charge in [-0.15, -0.1) is 11.8 Å². The lowest BCUT2D eigenvalue weighted by molar-refractivity contribution is -0.163. The summed E-state index contributed by atoms with van der Waals surface area (Å²) < 4.78 is 0. The number of carbonyl (C=O) groups excluding carboxylic acids is 1. The Labute approximate surface area is 170 Å². The first-order valence-electron chi connectivity index (χ1n) is 10.5. The molecule has 7 nitrogen and oxygen atoms in total. The van der Waals surface area contributed by atoms with Crippen molar-refractivity contribution in [3.8, 4) is 0 Å². The monoisotopic (exact) mass is 409 g/mol. The summed E-state index contributed by atoms with van der Waals surface area (Å²) in [7, 11) is 0. The van der Waals surface area contributed by atoms with Gasteiger partial charge >= 0.3 is 5.97 Å². The third-order valence-corrected chi connectivity index (χ3v) is 8.26. The fraction of sp³-hybridized carbons (Fsp3) is 0.800. The molecule has 0 aliphatic carbocycles. The molecule has 1 amide bonds. The van der Waals surface area contributed by atoms with Crippen LogP contribution in [-0.4, -0.2) is 81.5 Å². The first kappa shape index (κ1) is 20.2. The van der Waals surface area contributed by atoms with Crippen molar-refractivity contribution in [2.75, 3.05) is 26.2 Å².